The molecule has 1 heterocycles. The summed E-state index contributed by atoms with van der Waals surface area (Å²) in [4.78, 5) is 32.9. The fourth-order valence-electron chi connectivity index (χ4n) is 1.98. The molecule has 0 spiro atoms. The summed E-state index contributed by atoms with van der Waals surface area (Å²) in [5.74, 6) is -1.18. The molecule has 1 aromatic heterocycles. The first-order valence-electron chi connectivity index (χ1n) is 7.31. The maximum atomic E-state index is 12.5. The first-order valence-corrected chi connectivity index (χ1v) is 9.95. The molecule has 0 aliphatic heterocycles. The SMILES string of the molecule is COC(=O)c1sc(NC(=O)c2ccc(Cl)c(S(=O)(=O)N(C)OC)c2)nc1C. The van der Waals surface area contributed by atoms with Gasteiger partial charge in [-0.2, -0.15) is 0 Å². The molecule has 0 saturated heterocycles. The number of aryl methyl sites for hydroxylation is 1. The molecule has 12 heteroatoms. The largest absolute Gasteiger partial charge is 0.465 e. The summed E-state index contributed by atoms with van der Waals surface area (Å²) in [5.41, 5.74) is 0.443. The minimum absolute atomic E-state index is 0.0370. The molecule has 0 atom stereocenters. The molecule has 9 nitrogen and oxygen atoms in total. The first kappa shape index (κ1) is 21.3. The Kier molecular flexibility index (Phi) is 6.54. The Balaban J connectivity index is 2.33. The second kappa shape index (κ2) is 8.31. The van der Waals surface area contributed by atoms with Gasteiger partial charge >= 0.3 is 5.97 Å². The van der Waals surface area contributed by atoms with Crippen LogP contribution in [0.4, 0.5) is 5.13 Å². The lowest BCUT2D eigenvalue weighted by molar-refractivity contribution is -0.0258. The third-order valence-corrected chi connectivity index (χ3v) is 6.67. The first-order chi connectivity index (χ1) is 12.6. The average Bonchev–Trinajstić information content (AvgIpc) is 3.00. The molecule has 0 aliphatic carbocycles. The lowest BCUT2D eigenvalue weighted by Gasteiger charge is -2.15. The maximum Gasteiger partial charge on any atom is 0.350 e. The predicted octanol–water partition coefficient (Wildman–Crippen LogP) is 2.33. The molecule has 0 radical (unpaired) electrons. The number of ether oxygens (including phenoxy) is 1. The molecule has 0 saturated carbocycles. The van der Waals surface area contributed by atoms with Gasteiger partial charge in [0.25, 0.3) is 15.9 Å². The molecule has 2 rings (SSSR count). The Morgan fingerprint density at radius 2 is 1.96 bits per heavy atom. The molecule has 1 amide bonds. The number of sulfonamides is 1. The number of nitrogens with zero attached hydrogens (tertiary/aromatic N) is 2. The van der Waals surface area contributed by atoms with Crippen molar-refractivity contribution in [3.8, 4) is 0 Å². The zero-order chi connectivity index (χ0) is 20.4. The number of amides is 1. The molecule has 0 bridgehead atoms. The van der Waals surface area contributed by atoms with E-state index in [-0.39, 0.29) is 25.5 Å². The zero-order valence-corrected chi connectivity index (χ0v) is 17.2. The zero-order valence-electron chi connectivity index (χ0n) is 14.8. The molecule has 0 unspecified atom stereocenters. The molecule has 0 fully saturated rings. The lowest BCUT2D eigenvalue weighted by atomic mass is 10.2. The summed E-state index contributed by atoms with van der Waals surface area (Å²) in [6.07, 6.45) is 0. The average molecular weight is 434 g/mol. The highest BCUT2D eigenvalue weighted by Crippen LogP contribution is 2.27. The second-order valence-electron chi connectivity index (χ2n) is 5.12. The summed E-state index contributed by atoms with van der Waals surface area (Å²) >= 11 is 6.91. The van der Waals surface area contributed by atoms with Crippen LogP contribution in [0.15, 0.2) is 23.1 Å². The van der Waals surface area contributed by atoms with Crippen molar-refractivity contribution in [1.29, 1.82) is 0 Å². The Morgan fingerprint density at radius 3 is 2.56 bits per heavy atom. The quantitative estimate of drug-likeness (QED) is 0.549. The Labute approximate surface area is 164 Å². The van der Waals surface area contributed by atoms with Crippen LogP contribution in [-0.2, 0) is 19.6 Å². The summed E-state index contributed by atoms with van der Waals surface area (Å²) in [5, 5.41) is 2.63. The lowest BCUT2D eigenvalue weighted by Crippen LogP contribution is -2.26. The van der Waals surface area contributed by atoms with Gasteiger partial charge in [0.2, 0.25) is 0 Å². The van der Waals surface area contributed by atoms with E-state index in [0.717, 1.165) is 17.4 Å². The minimum atomic E-state index is -4.04. The highest BCUT2D eigenvalue weighted by atomic mass is 35.5. The van der Waals surface area contributed by atoms with E-state index in [9.17, 15) is 18.0 Å². The molecular formula is C15H16ClN3O6S2. The maximum absolute atomic E-state index is 12.5. The van der Waals surface area contributed by atoms with Gasteiger partial charge in [-0.05, 0) is 25.1 Å². The van der Waals surface area contributed by atoms with Gasteiger partial charge in [0.15, 0.2) is 5.13 Å². The van der Waals surface area contributed by atoms with Crippen LogP contribution < -0.4 is 5.32 Å². The number of thiazole rings is 1. The van der Waals surface area contributed by atoms with Crippen molar-refractivity contribution in [2.24, 2.45) is 0 Å². The summed E-state index contributed by atoms with van der Waals surface area (Å²) in [6, 6.07) is 3.79. The molecule has 1 aromatic carbocycles. The van der Waals surface area contributed by atoms with Gasteiger partial charge < -0.3 is 4.74 Å². The van der Waals surface area contributed by atoms with Crippen molar-refractivity contribution in [3.05, 3.63) is 39.4 Å². The highest BCUT2D eigenvalue weighted by Gasteiger charge is 2.25. The number of carbonyl (C=O) groups is 2. The van der Waals surface area contributed by atoms with Gasteiger partial charge in [0.05, 0.1) is 24.9 Å². The van der Waals surface area contributed by atoms with Crippen molar-refractivity contribution in [2.75, 3.05) is 26.6 Å². The third kappa shape index (κ3) is 4.45. The van der Waals surface area contributed by atoms with E-state index in [2.05, 4.69) is 15.0 Å². The van der Waals surface area contributed by atoms with Crippen molar-refractivity contribution in [2.45, 2.75) is 11.8 Å². The van der Waals surface area contributed by atoms with Crippen LogP contribution in [0, 0.1) is 6.92 Å². The second-order valence-corrected chi connectivity index (χ2v) is 8.43. The number of aromatic nitrogens is 1. The summed E-state index contributed by atoms with van der Waals surface area (Å²) in [7, 11) is -0.413. The normalized spacial score (nSPS) is 11.5. The van der Waals surface area contributed by atoms with Crippen LogP contribution in [-0.4, -0.2) is 51.0 Å². The standard InChI is InChI=1S/C15H16ClN3O6S2/c1-8-12(14(21)24-3)26-15(17-8)18-13(20)9-5-6-10(16)11(7-9)27(22,23)19(2)25-4/h5-7H,1-4H3,(H,17,18,20). The number of anilines is 1. The number of hydrogen-bond acceptors (Lipinski definition) is 8. The molecule has 2 aromatic rings. The van der Waals surface area contributed by atoms with Crippen molar-refractivity contribution in [3.63, 3.8) is 0 Å². The number of carbonyl (C=O) groups excluding carboxylic acids is 2. The number of esters is 1. The fourth-order valence-corrected chi connectivity index (χ4v) is 4.33. The van der Waals surface area contributed by atoms with Crippen LogP contribution in [0.25, 0.3) is 0 Å². The van der Waals surface area contributed by atoms with Crippen LogP contribution >= 0.6 is 22.9 Å². The van der Waals surface area contributed by atoms with Crippen LogP contribution in [0.3, 0.4) is 0 Å². The Bertz CT molecular complexity index is 989. The van der Waals surface area contributed by atoms with E-state index in [0.29, 0.717) is 10.2 Å². The number of hydrogen-bond donors (Lipinski definition) is 1. The Morgan fingerprint density at radius 1 is 1.30 bits per heavy atom. The number of halogens is 1. The van der Waals surface area contributed by atoms with Crippen molar-refractivity contribution >= 4 is 50.0 Å². The predicted molar refractivity (Wildman–Crippen MR) is 99.6 cm³/mol. The highest BCUT2D eigenvalue weighted by molar-refractivity contribution is 7.89. The van der Waals surface area contributed by atoms with Crippen LogP contribution in [0.1, 0.15) is 25.7 Å². The van der Waals surface area contributed by atoms with Crippen LogP contribution in [0.2, 0.25) is 5.02 Å². The van der Waals surface area contributed by atoms with E-state index in [1.807, 2.05) is 0 Å². The number of hydroxylamine groups is 1. The van der Waals surface area contributed by atoms with Crippen molar-refractivity contribution in [1.82, 2.24) is 9.45 Å². The molecule has 146 valence electrons. The number of nitrogens with one attached hydrogen (secondary N) is 1. The van der Waals surface area contributed by atoms with Crippen molar-refractivity contribution < 1.29 is 27.6 Å². The smallest absolute Gasteiger partial charge is 0.350 e. The molecule has 0 aliphatic rings. The van der Waals surface area contributed by atoms with E-state index in [4.69, 9.17) is 16.4 Å². The van der Waals surface area contributed by atoms with E-state index < -0.39 is 21.9 Å². The topological polar surface area (TPSA) is 115 Å². The monoisotopic (exact) mass is 433 g/mol. The van der Waals surface area contributed by atoms with E-state index in [1.54, 1.807) is 6.92 Å². The summed E-state index contributed by atoms with van der Waals surface area (Å²) < 4.78 is 30.1. The van der Waals surface area contributed by atoms with Gasteiger partial charge in [0, 0.05) is 12.6 Å². The fraction of sp³-hybridized carbons (Fsp3) is 0.267. The molecular weight excluding hydrogens is 418 g/mol. The molecule has 1 N–H and O–H groups in total. The van der Waals surface area contributed by atoms with Gasteiger partial charge in [-0.25, -0.2) is 18.2 Å². The summed E-state index contributed by atoms with van der Waals surface area (Å²) in [6.45, 7) is 1.60. The number of rotatable bonds is 6. The molecule has 27 heavy (non-hydrogen) atoms. The van der Waals surface area contributed by atoms with Gasteiger partial charge in [0.1, 0.15) is 9.77 Å². The minimum Gasteiger partial charge on any atom is -0.465 e. The third-order valence-electron chi connectivity index (χ3n) is 3.45. The Hall–Kier alpha value is -2.05. The van der Waals surface area contributed by atoms with Gasteiger partial charge in [-0.15, -0.1) is 0 Å². The number of methoxy groups -OCH3 is 1. The van der Waals surface area contributed by atoms with Crippen LogP contribution in [0.5, 0.6) is 0 Å². The van der Waals surface area contributed by atoms with Gasteiger partial charge in [-0.3, -0.25) is 14.9 Å². The number of benzene rings is 1. The van der Waals surface area contributed by atoms with Gasteiger partial charge in [-0.1, -0.05) is 27.4 Å². The van der Waals surface area contributed by atoms with E-state index in [1.165, 1.54) is 33.4 Å². The van der Waals surface area contributed by atoms with E-state index >= 15 is 0 Å².